The van der Waals surface area contributed by atoms with Crippen molar-refractivity contribution in [3.05, 3.63) is 22.7 Å². The first-order valence-corrected chi connectivity index (χ1v) is 12.0. The fourth-order valence-electron chi connectivity index (χ4n) is 2.49. The molecule has 1 aromatic heterocycles. The molecule has 0 saturated carbocycles. The summed E-state index contributed by atoms with van der Waals surface area (Å²) in [5.74, 6) is -4.26. The Labute approximate surface area is 180 Å². The molecule has 1 fully saturated rings. The van der Waals surface area contributed by atoms with Crippen molar-refractivity contribution in [1.29, 1.82) is 0 Å². The quantitative estimate of drug-likeness (QED) is 0.238. The smallest absolute Gasteiger partial charge is 0.384 e. The monoisotopic (exact) mass is 509 g/mol. The van der Waals surface area contributed by atoms with Gasteiger partial charge in [0.1, 0.15) is 25.1 Å². The summed E-state index contributed by atoms with van der Waals surface area (Å²) in [7, 11) is -5.06. The van der Waals surface area contributed by atoms with Crippen LogP contribution in [0.3, 0.4) is 0 Å². The van der Waals surface area contributed by atoms with E-state index in [0.717, 1.165) is 12.3 Å². The zero-order chi connectivity index (χ0) is 24.5. The zero-order valence-electron chi connectivity index (χ0n) is 17.3. The van der Waals surface area contributed by atoms with E-state index in [1.807, 2.05) is 0 Å². The normalized spacial score (nSPS) is 27.1. The number of phosphoric ester groups is 2. The molecular weight excluding hydrogens is 484 g/mol. The van der Waals surface area contributed by atoms with Crippen LogP contribution in [0, 0.1) is 0 Å². The zero-order valence-corrected chi connectivity index (χ0v) is 19.1. The van der Waals surface area contributed by atoms with Crippen molar-refractivity contribution in [3.8, 4) is 0 Å². The molecule has 0 bridgehead atoms. The number of alkyl halides is 2. The SMILES string of the molecule is C[N+](C)(C)CCOP(=O)(O)OP(=O)(O)OC[C@H]1O[C@@H](n2ccc(N)nc2=O)C(F)(F)[C@@H]1O. The highest BCUT2D eigenvalue weighted by atomic mass is 31.3. The highest BCUT2D eigenvalue weighted by Crippen LogP contribution is 2.60. The fraction of sp³-hybridized carbons (Fsp3) is 0.714. The minimum atomic E-state index is -5.30. The molecule has 184 valence electrons. The number of aromatic nitrogens is 2. The summed E-state index contributed by atoms with van der Waals surface area (Å²) >= 11 is 0. The van der Waals surface area contributed by atoms with Crippen molar-refractivity contribution < 1.29 is 55.4 Å². The Hall–Kier alpha value is -1.32. The number of aliphatic hydroxyl groups is 1. The average Bonchev–Trinajstić information content (AvgIpc) is 2.81. The van der Waals surface area contributed by atoms with Gasteiger partial charge in [0, 0.05) is 6.20 Å². The summed E-state index contributed by atoms with van der Waals surface area (Å²) < 4.78 is 71.4. The van der Waals surface area contributed by atoms with Gasteiger partial charge in [-0.3, -0.25) is 13.6 Å². The number of quaternary nitrogens is 1. The Balaban J connectivity index is 2.02. The fourth-order valence-corrected chi connectivity index (χ4v) is 4.55. The molecule has 1 saturated heterocycles. The number of hydrogen-bond acceptors (Lipinski definition) is 10. The Bertz CT molecular complexity index is 972. The lowest BCUT2D eigenvalue weighted by Gasteiger charge is -2.24. The Morgan fingerprint density at radius 2 is 1.88 bits per heavy atom. The van der Waals surface area contributed by atoms with Crippen molar-refractivity contribution in [2.45, 2.75) is 24.4 Å². The van der Waals surface area contributed by atoms with Gasteiger partial charge in [-0.2, -0.15) is 18.1 Å². The molecule has 5 atom stereocenters. The number of hydrogen-bond donors (Lipinski definition) is 4. The van der Waals surface area contributed by atoms with Gasteiger partial charge in [0.2, 0.25) is 6.23 Å². The number of anilines is 1. The van der Waals surface area contributed by atoms with Crippen molar-refractivity contribution in [1.82, 2.24) is 9.55 Å². The second-order valence-electron chi connectivity index (χ2n) is 7.85. The number of phosphoric acid groups is 2. The molecule has 2 rings (SSSR count). The number of ether oxygens (including phenoxy) is 1. The molecule has 1 aromatic rings. The lowest BCUT2D eigenvalue weighted by molar-refractivity contribution is -0.870. The molecule has 0 aromatic carbocycles. The van der Waals surface area contributed by atoms with Gasteiger partial charge in [0.25, 0.3) is 0 Å². The number of nitrogens with two attached hydrogens (primary N) is 1. The van der Waals surface area contributed by atoms with Crippen LogP contribution in [0.1, 0.15) is 6.23 Å². The summed E-state index contributed by atoms with van der Waals surface area (Å²) in [4.78, 5) is 34.3. The first-order valence-electron chi connectivity index (χ1n) is 8.96. The van der Waals surface area contributed by atoms with Gasteiger partial charge in [-0.15, -0.1) is 0 Å². The first kappa shape index (κ1) is 26.9. The van der Waals surface area contributed by atoms with Gasteiger partial charge in [-0.1, -0.05) is 0 Å². The topological polar surface area (TPSA) is 193 Å². The van der Waals surface area contributed by atoms with Crippen LogP contribution in [-0.4, -0.2) is 88.0 Å². The molecule has 2 heterocycles. The molecule has 1 aliphatic rings. The van der Waals surface area contributed by atoms with Crippen molar-refractivity contribution in [2.75, 3.05) is 46.6 Å². The predicted octanol–water partition coefficient (Wildman–Crippen LogP) is -0.324. The van der Waals surface area contributed by atoms with E-state index in [0.29, 0.717) is 9.05 Å². The van der Waals surface area contributed by atoms with Gasteiger partial charge in [0.15, 0.2) is 6.10 Å². The second-order valence-corrected chi connectivity index (χ2v) is 10.9. The summed E-state index contributed by atoms with van der Waals surface area (Å²) in [6.07, 6.45) is -5.94. The molecular formula is C14H25F2N4O10P2+. The molecule has 5 N–H and O–H groups in total. The Morgan fingerprint density at radius 3 is 2.44 bits per heavy atom. The van der Waals surface area contributed by atoms with Gasteiger partial charge in [-0.05, 0) is 6.07 Å². The maximum atomic E-state index is 14.4. The molecule has 0 aliphatic carbocycles. The van der Waals surface area contributed by atoms with E-state index in [9.17, 15) is 37.6 Å². The lowest BCUT2D eigenvalue weighted by atomic mass is 10.1. The molecule has 0 spiro atoms. The van der Waals surface area contributed by atoms with Crippen LogP contribution in [0.4, 0.5) is 14.6 Å². The van der Waals surface area contributed by atoms with Crippen LogP contribution in [0.2, 0.25) is 0 Å². The molecule has 32 heavy (non-hydrogen) atoms. The summed E-state index contributed by atoms with van der Waals surface area (Å²) in [5, 5.41) is 9.86. The third-order valence-corrected chi connectivity index (χ3v) is 6.74. The molecule has 0 radical (unpaired) electrons. The molecule has 2 unspecified atom stereocenters. The number of rotatable bonds is 10. The number of nitrogen functional groups attached to an aromatic ring is 1. The van der Waals surface area contributed by atoms with Gasteiger partial charge in [-0.25, -0.2) is 13.9 Å². The van der Waals surface area contributed by atoms with Gasteiger partial charge < -0.3 is 29.8 Å². The number of nitrogens with zero attached hydrogens (tertiary/aromatic N) is 3. The highest BCUT2D eigenvalue weighted by molar-refractivity contribution is 7.61. The van der Waals surface area contributed by atoms with Crippen LogP contribution in [0.5, 0.6) is 0 Å². The molecule has 14 nitrogen and oxygen atoms in total. The minimum absolute atomic E-state index is 0.233. The third kappa shape index (κ3) is 7.09. The van der Waals surface area contributed by atoms with E-state index in [-0.39, 0.29) is 19.0 Å². The van der Waals surface area contributed by atoms with Gasteiger partial charge >= 0.3 is 27.3 Å². The van der Waals surface area contributed by atoms with E-state index in [1.165, 1.54) is 0 Å². The van der Waals surface area contributed by atoms with E-state index < -0.39 is 52.3 Å². The van der Waals surface area contributed by atoms with Crippen LogP contribution in [0.15, 0.2) is 17.1 Å². The largest absolute Gasteiger partial charge is 0.481 e. The van der Waals surface area contributed by atoms with Crippen LogP contribution in [-0.2, 0) is 27.2 Å². The average molecular weight is 509 g/mol. The molecule has 0 amide bonds. The Kier molecular flexibility index (Phi) is 8.00. The van der Waals surface area contributed by atoms with Crippen molar-refractivity contribution in [2.24, 2.45) is 0 Å². The number of aliphatic hydroxyl groups excluding tert-OH is 1. The second kappa shape index (κ2) is 9.50. The predicted molar refractivity (Wildman–Crippen MR) is 103 cm³/mol. The number of likely N-dealkylation sites (N-methyl/N-ethyl adjacent to an activating group) is 1. The van der Waals surface area contributed by atoms with Gasteiger partial charge in [0.05, 0.1) is 27.7 Å². The van der Waals surface area contributed by atoms with Crippen molar-refractivity contribution in [3.63, 3.8) is 0 Å². The number of halogens is 2. The summed E-state index contributed by atoms with van der Waals surface area (Å²) in [5.41, 5.74) is 4.11. The van der Waals surface area contributed by atoms with E-state index in [1.54, 1.807) is 21.1 Å². The lowest BCUT2D eigenvalue weighted by Crippen LogP contribution is -2.41. The Morgan fingerprint density at radius 1 is 1.28 bits per heavy atom. The third-order valence-electron chi connectivity index (χ3n) is 4.11. The molecule has 1 aliphatic heterocycles. The van der Waals surface area contributed by atoms with Crippen molar-refractivity contribution >= 4 is 21.5 Å². The minimum Gasteiger partial charge on any atom is -0.384 e. The maximum Gasteiger partial charge on any atom is 0.481 e. The van der Waals surface area contributed by atoms with E-state index >= 15 is 0 Å². The van der Waals surface area contributed by atoms with Crippen LogP contribution < -0.4 is 11.4 Å². The van der Waals surface area contributed by atoms with Crippen LogP contribution in [0.25, 0.3) is 0 Å². The first-order chi connectivity index (χ1) is 14.4. The standard InChI is InChI=1S/C14H24F2N4O10P2/c1-20(2,3)6-7-27-31(23,24)30-32(25,26)28-8-9-11(21)14(15,16)12(29-9)19-5-4-10(17)18-13(19)22/h4-5,9,11-12,21H,6-8H2,1-3H3,(H3-,17,18,22,23,24,25,26)/p+1/t9-,11-,12-/m1/s1. The van der Waals surface area contributed by atoms with E-state index in [2.05, 4.69) is 18.3 Å². The summed E-state index contributed by atoms with van der Waals surface area (Å²) in [6.45, 7) is -1.21. The summed E-state index contributed by atoms with van der Waals surface area (Å²) in [6, 6.07) is 1.05. The maximum absolute atomic E-state index is 14.4. The highest BCUT2D eigenvalue weighted by Gasteiger charge is 2.60. The van der Waals surface area contributed by atoms with Crippen LogP contribution >= 0.6 is 15.6 Å². The van der Waals surface area contributed by atoms with E-state index in [4.69, 9.17) is 10.5 Å². The molecule has 18 heteroatoms.